The summed E-state index contributed by atoms with van der Waals surface area (Å²) in [4.78, 5) is 20.1. The minimum atomic E-state index is -2.76. The molecule has 0 fully saturated rings. The van der Waals surface area contributed by atoms with Gasteiger partial charge < -0.3 is 4.43 Å². The molecule has 0 bridgehead atoms. The highest BCUT2D eigenvalue weighted by Crippen LogP contribution is 2.36. The second-order valence-corrected chi connectivity index (χ2v) is 13.0. The molecular weight excluding hydrogens is 412 g/mol. The van der Waals surface area contributed by atoms with Gasteiger partial charge in [-0.3, -0.25) is 4.79 Å². The number of nitrogens with zero attached hydrogens (tertiary/aromatic N) is 2. The van der Waals surface area contributed by atoms with Crippen LogP contribution in [0.25, 0.3) is 11.1 Å². The van der Waals surface area contributed by atoms with E-state index in [1.807, 2.05) is 24.3 Å². The van der Waals surface area contributed by atoms with Crippen molar-refractivity contribution in [2.24, 2.45) is 0 Å². The molecule has 0 N–H and O–H groups in total. The first kappa shape index (κ1) is 21.7. The monoisotopic (exact) mass is 438 g/mol. The second-order valence-electron chi connectivity index (χ2n) is 8.76. The molecule has 4 nitrogen and oxygen atoms in total. The van der Waals surface area contributed by atoms with Gasteiger partial charge in [0.25, 0.3) is 0 Å². The molecule has 0 saturated carbocycles. The molecule has 0 spiro atoms. The van der Waals surface area contributed by atoms with Gasteiger partial charge in [-0.2, -0.15) is 0 Å². The minimum Gasteiger partial charge on any atom is -0.507 e. The molecule has 3 aromatic carbocycles. The molecular formula is C27H26N2O2Si. The molecule has 1 aromatic heterocycles. The van der Waals surface area contributed by atoms with Crippen molar-refractivity contribution < 1.29 is 9.22 Å². The van der Waals surface area contributed by atoms with Crippen LogP contribution in [0.15, 0.2) is 97.3 Å². The summed E-state index contributed by atoms with van der Waals surface area (Å²) in [6.07, 6.45) is 4.38. The van der Waals surface area contributed by atoms with Crippen LogP contribution >= 0.6 is 0 Å². The number of carbonyl (C=O) groups excluding carboxylic acids is 1. The Morgan fingerprint density at radius 3 is 1.66 bits per heavy atom. The topological polar surface area (TPSA) is 52.1 Å². The molecule has 4 rings (SSSR count). The van der Waals surface area contributed by atoms with Crippen molar-refractivity contribution >= 4 is 25.0 Å². The first-order valence-electron chi connectivity index (χ1n) is 10.6. The SMILES string of the molecule is CC(C)(C)[Si](Oc1ncc(-c2ccc(C=O)cc2)cn1)(c1ccccc1)c1ccccc1. The molecule has 32 heavy (non-hydrogen) atoms. The Morgan fingerprint density at radius 2 is 1.22 bits per heavy atom. The second kappa shape index (κ2) is 8.89. The van der Waals surface area contributed by atoms with Crippen molar-refractivity contribution in [3.05, 3.63) is 103 Å². The summed E-state index contributed by atoms with van der Waals surface area (Å²) in [6.45, 7) is 6.67. The van der Waals surface area contributed by atoms with E-state index in [1.165, 1.54) is 10.4 Å². The highest BCUT2D eigenvalue weighted by molar-refractivity contribution is 7.00. The van der Waals surface area contributed by atoms with Crippen LogP contribution in [0.2, 0.25) is 5.04 Å². The van der Waals surface area contributed by atoms with Crippen LogP contribution in [0.5, 0.6) is 6.01 Å². The van der Waals surface area contributed by atoms with Gasteiger partial charge in [-0.25, -0.2) is 9.97 Å². The van der Waals surface area contributed by atoms with E-state index in [2.05, 4.69) is 79.3 Å². The largest absolute Gasteiger partial charge is 0.507 e. The molecule has 1 heterocycles. The third-order valence-electron chi connectivity index (χ3n) is 5.67. The van der Waals surface area contributed by atoms with Crippen molar-refractivity contribution in [2.75, 3.05) is 0 Å². The van der Waals surface area contributed by atoms with Crippen LogP contribution in [0, 0.1) is 0 Å². The van der Waals surface area contributed by atoms with Crippen LogP contribution in [0.4, 0.5) is 0 Å². The lowest BCUT2D eigenvalue weighted by atomic mass is 10.1. The number of aromatic nitrogens is 2. The highest BCUT2D eigenvalue weighted by atomic mass is 28.4. The first-order chi connectivity index (χ1) is 15.4. The predicted octanol–water partition coefficient (Wildman–Crippen LogP) is 4.89. The van der Waals surface area contributed by atoms with Crippen LogP contribution in [-0.2, 0) is 0 Å². The van der Waals surface area contributed by atoms with Crippen molar-refractivity contribution in [2.45, 2.75) is 25.8 Å². The molecule has 0 amide bonds. The van der Waals surface area contributed by atoms with Crippen molar-refractivity contribution in [3.63, 3.8) is 0 Å². The number of benzene rings is 3. The van der Waals surface area contributed by atoms with E-state index < -0.39 is 8.32 Å². The maximum atomic E-state index is 10.9. The summed E-state index contributed by atoms with van der Waals surface area (Å²) in [5.41, 5.74) is 2.46. The summed E-state index contributed by atoms with van der Waals surface area (Å²) >= 11 is 0. The summed E-state index contributed by atoms with van der Waals surface area (Å²) in [7, 11) is -2.76. The average Bonchev–Trinajstić information content (AvgIpc) is 2.83. The van der Waals surface area contributed by atoms with E-state index in [9.17, 15) is 4.79 Å². The van der Waals surface area contributed by atoms with Crippen molar-refractivity contribution in [1.82, 2.24) is 9.97 Å². The Balaban J connectivity index is 1.77. The van der Waals surface area contributed by atoms with Gasteiger partial charge in [0.1, 0.15) is 6.29 Å². The molecule has 0 radical (unpaired) electrons. The molecule has 0 saturated heterocycles. The van der Waals surface area contributed by atoms with Crippen LogP contribution in [0.1, 0.15) is 31.1 Å². The maximum Gasteiger partial charge on any atom is 0.324 e. The number of rotatable bonds is 6. The lowest BCUT2D eigenvalue weighted by Crippen LogP contribution is -2.69. The molecule has 160 valence electrons. The standard InChI is InChI=1S/C27H26N2O2Si/c1-27(2,3)32(24-10-6-4-7-11-24,25-12-8-5-9-13-25)31-26-28-18-23(19-29-26)22-16-14-21(20-30)15-17-22/h4-20H,1-3H3. The van der Waals surface area contributed by atoms with E-state index in [0.29, 0.717) is 11.6 Å². The number of aldehydes is 1. The summed E-state index contributed by atoms with van der Waals surface area (Å²) in [6, 6.07) is 28.6. The number of carbonyl (C=O) groups is 1. The van der Waals surface area contributed by atoms with E-state index in [0.717, 1.165) is 17.4 Å². The summed E-state index contributed by atoms with van der Waals surface area (Å²) < 4.78 is 6.84. The van der Waals surface area contributed by atoms with Crippen LogP contribution in [-0.4, -0.2) is 24.6 Å². The molecule has 4 aromatic rings. The highest BCUT2D eigenvalue weighted by Gasteiger charge is 2.52. The quantitative estimate of drug-likeness (QED) is 0.318. The van der Waals surface area contributed by atoms with E-state index in [1.54, 1.807) is 24.5 Å². The van der Waals surface area contributed by atoms with Crippen molar-refractivity contribution in [3.8, 4) is 17.1 Å². The Morgan fingerprint density at radius 1 is 0.719 bits per heavy atom. The normalized spacial score (nSPS) is 11.7. The zero-order valence-corrected chi connectivity index (χ0v) is 19.5. The number of hydrogen-bond acceptors (Lipinski definition) is 4. The van der Waals surface area contributed by atoms with E-state index in [-0.39, 0.29) is 5.04 Å². The van der Waals surface area contributed by atoms with Crippen LogP contribution < -0.4 is 14.8 Å². The van der Waals surface area contributed by atoms with Crippen LogP contribution in [0.3, 0.4) is 0 Å². The third kappa shape index (κ3) is 4.12. The molecule has 0 aliphatic heterocycles. The molecule has 5 heteroatoms. The fraction of sp³-hybridized carbons (Fsp3) is 0.148. The predicted molar refractivity (Wildman–Crippen MR) is 131 cm³/mol. The molecule has 0 unspecified atom stereocenters. The summed E-state index contributed by atoms with van der Waals surface area (Å²) in [5, 5.41) is 2.19. The van der Waals surface area contributed by atoms with E-state index in [4.69, 9.17) is 4.43 Å². The minimum absolute atomic E-state index is 0.164. The fourth-order valence-corrected chi connectivity index (χ4v) is 8.37. The van der Waals surface area contributed by atoms with Gasteiger partial charge in [-0.05, 0) is 21.0 Å². The Hall–Kier alpha value is -3.57. The third-order valence-corrected chi connectivity index (χ3v) is 10.6. The zero-order chi connectivity index (χ0) is 22.6. The van der Waals surface area contributed by atoms with Gasteiger partial charge in [0.05, 0.1) is 0 Å². The lowest BCUT2D eigenvalue weighted by molar-refractivity contribution is 0.112. The Kier molecular flexibility index (Phi) is 6.01. The average molecular weight is 439 g/mol. The summed E-state index contributed by atoms with van der Waals surface area (Å²) in [5.74, 6) is 0. The Labute approximate surface area is 190 Å². The Bertz CT molecular complexity index is 1130. The van der Waals surface area contributed by atoms with Gasteiger partial charge in [0.2, 0.25) is 0 Å². The van der Waals surface area contributed by atoms with E-state index >= 15 is 0 Å². The van der Waals surface area contributed by atoms with Crippen molar-refractivity contribution in [1.29, 1.82) is 0 Å². The van der Waals surface area contributed by atoms with Gasteiger partial charge in [-0.1, -0.05) is 106 Å². The van der Waals surface area contributed by atoms with Gasteiger partial charge in [0, 0.05) is 23.5 Å². The molecule has 0 aliphatic rings. The zero-order valence-electron chi connectivity index (χ0n) is 18.5. The lowest BCUT2D eigenvalue weighted by Gasteiger charge is -2.42. The number of hydrogen-bond donors (Lipinski definition) is 0. The van der Waals surface area contributed by atoms with Gasteiger partial charge in [-0.15, -0.1) is 0 Å². The molecule has 0 aliphatic carbocycles. The first-order valence-corrected chi connectivity index (χ1v) is 12.5. The maximum absolute atomic E-state index is 10.9. The smallest absolute Gasteiger partial charge is 0.324 e. The van der Waals surface area contributed by atoms with Gasteiger partial charge >= 0.3 is 14.3 Å². The molecule has 0 atom stereocenters. The van der Waals surface area contributed by atoms with Gasteiger partial charge in [0.15, 0.2) is 0 Å². The fourth-order valence-electron chi connectivity index (χ4n) is 4.06.